The minimum atomic E-state index is -6.00. The van der Waals surface area contributed by atoms with Gasteiger partial charge in [-0.25, -0.2) is 33.2 Å². The SMILES string of the molecule is Cn1c[n+]([C@@H]2O[C@H](COP(=O)(O)OP(=O)(O)OP(=O)(O)O/C=C3/O[C@@H](n4cnc5c(N)ncnc54)[C@H](O)[C@@H]3O)[C@@H](O)[C@H]2O)c2nc(N)[nH]c(=O)c21. The minimum Gasteiger partial charge on any atom is -0.465 e. The van der Waals surface area contributed by atoms with E-state index in [-0.39, 0.29) is 40.4 Å². The molecule has 51 heavy (non-hydrogen) atoms. The topological polar surface area (TPSA) is 398 Å². The lowest BCUT2D eigenvalue weighted by atomic mass is 10.1. The standard InChI is InChI=1S/C21H27N10O17P3/c1-29-6-31(17-10(29)18(36)28-21(23)27-17)20-14(35)12(33)8(46-20)3-44-50(39,40)48-51(41,42)47-49(37,38)43-2-7-11(32)13(34)19(45-7)30-5-26-9-15(22)24-4-25-16(9)30/h2,4-6,8,11-14,19-20,32-35H,3H2,1H3,(H7-,22,23,24,25,27,28,36,37,38,39,40,41,42)/p+1/b7-2+/t8-,11-,12-,13-,14-,19-,20-/m1/s1. The molecule has 0 saturated carbocycles. The molecule has 2 fully saturated rings. The number of aliphatic hydroxyl groups is 4. The predicted octanol–water partition coefficient (Wildman–Crippen LogP) is -3.37. The number of nitrogens with one attached hydrogen (secondary N) is 1. The average Bonchev–Trinajstić information content (AvgIpc) is 3.74. The summed E-state index contributed by atoms with van der Waals surface area (Å²) >= 11 is 0. The molecule has 2 aliphatic rings. The molecule has 0 spiro atoms. The number of aliphatic hydroxyl groups excluding tert-OH is 4. The van der Waals surface area contributed by atoms with E-state index < -0.39 is 84.4 Å². The fourth-order valence-electron chi connectivity index (χ4n) is 5.13. The number of imidazole rings is 2. The summed E-state index contributed by atoms with van der Waals surface area (Å²) in [6, 6.07) is 0. The van der Waals surface area contributed by atoms with Crippen molar-refractivity contribution >= 4 is 57.6 Å². The van der Waals surface area contributed by atoms with Crippen LogP contribution in [0.3, 0.4) is 0 Å². The van der Waals surface area contributed by atoms with Gasteiger partial charge >= 0.3 is 29.1 Å². The van der Waals surface area contributed by atoms with E-state index in [1.54, 1.807) is 0 Å². The number of ether oxygens (including phenoxy) is 2. The van der Waals surface area contributed by atoms with Gasteiger partial charge in [-0.05, 0) is 0 Å². The van der Waals surface area contributed by atoms with Crippen LogP contribution in [0.4, 0.5) is 11.8 Å². The molecule has 12 N–H and O–H groups in total. The van der Waals surface area contributed by atoms with Gasteiger partial charge in [0, 0.05) is 0 Å². The molecule has 6 rings (SSSR count). The first-order valence-electron chi connectivity index (χ1n) is 13.9. The van der Waals surface area contributed by atoms with Gasteiger partial charge in [0.15, 0.2) is 23.6 Å². The molecule has 0 aliphatic carbocycles. The molecular weight excluding hydrogens is 757 g/mol. The van der Waals surface area contributed by atoms with Crippen LogP contribution in [0.2, 0.25) is 0 Å². The first-order chi connectivity index (χ1) is 23.8. The third-order valence-electron chi connectivity index (χ3n) is 7.34. The molecule has 0 radical (unpaired) electrons. The van der Waals surface area contributed by atoms with Crippen molar-refractivity contribution < 1.29 is 80.5 Å². The Morgan fingerprint density at radius 2 is 1.73 bits per heavy atom. The number of nitrogens with zero attached hydrogens (tertiary/aromatic N) is 7. The molecule has 0 aromatic carbocycles. The number of nitrogens with two attached hydrogens (primary N) is 2. The van der Waals surface area contributed by atoms with Gasteiger partial charge in [0.1, 0.15) is 55.0 Å². The Bertz CT molecular complexity index is 2230. The lowest BCUT2D eigenvalue weighted by molar-refractivity contribution is -0.745. The molecule has 2 saturated heterocycles. The van der Waals surface area contributed by atoms with E-state index in [1.165, 1.54) is 17.9 Å². The zero-order valence-electron chi connectivity index (χ0n) is 25.4. The first-order valence-corrected chi connectivity index (χ1v) is 18.4. The van der Waals surface area contributed by atoms with Gasteiger partial charge < -0.3 is 55.7 Å². The van der Waals surface area contributed by atoms with Crippen LogP contribution < -0.4 is 21.6 Å². The number of hydrogen-bond acceptors (Lipinski definition) is 20. The number of nitrogen functional groups attached to an aromatic ring is 2. The summed E-state index contributed by atoms with van der Waals surface area (Å²) in [4.78, 5) is 60.2. The number of fused-ring (bicyclic) bond motifs is 2. The highest BCUT2D eigenvalue weighted by molar-refractivity contribution is 7.66. The van der Waals surface area contributed by atoms with Crippen molar-refractivity contribution in [1.29, 1.82) is 0 Å². The minimum absolute atomic E-state index is 0.00515. The summed E-state index contributed by atoms with van der Waals surface area (Å²) in [5.41, 5.74) is 10.9. The number of phosphoric acid groups is 3. The predicted molar refractivity (Wildman–Crippen MR) is 161 cm³/mol. The molecule has 4 aromatic rings. The monoisotopic (exact) mass is 785 g/mol. The Balaban J connectivity index is 1.07. The van der Waals surface area contributed by atoms with E-state index in [1.807, 2.05) is 0 Å². The zero-order valence-corrected chi connectivity index (χ0v) is 28.1. The second kappa shape index (κ2) is 13.3. The van der Waals surface area contributed by atoms with Crippen LogP contribution in [0, 0.1) is 0 Å². The van der Waals surface area contributed by atoms with Crippen molar-refractivity contribution in [3.8, 4) is 0 Å². The fourth-order valence-corrected chi connectivity index (χ4v) is 8.52. The van der Waals surface area contributed by atoms with Crippen molar-refractivity contribution in [2.24, 2.45) is 7.05 Å². The second-order valence-electron chi connectivity index (χ2n) is 10.8. The van der Waals surface area contributed by atoms with Gasteiger partial charge in [-0.15, -0.1) is 0 Å². The van der Waals surface area contributed by atoms with Crippen LogP contribution in [-0.2, 0) is 47.9 Å². The molecule has 0 amide bonds. The summed E-state index contributed by atoms with van der Waals surface area (Å²) in [7, 11) is -15.9. The third-order valence-corrected chi connectivity index (χ3v) is 11.5. The smallest absolute Gasteiger partial charge is 0.465 e. The van der Waals surface area contributed by atoms with Crippen molar-refractivity contribution in [3.05, 3.63) is 41.4 Å². The Labute approximate surface area is 281 Å². The highest BCUT2D eigenvalue weighted by atomic mass is 31.3. The Hall–Kier alpha value is -3.91. The van der Waals surface area contributed by atoms with Crippen molar-refractivity contribution in [2.75, 3.05) is 18.1 Å². The molecule has 6 heterocycles. The number of aromatic amines is 1. The van der Waals surface area contributed by atoms with Gasteiger partial charge in [-0.3, -0.25) is 28.3 Å². The molecule has 4 aromatic heterocycles. The number of aromatic nitrogens is 8. The zero-order chi connectivity index (χ0) is 37.2. The summed E-state index contributed by atoms with van der Waals surface area (Å²) in [5, 5.41) is 41.9. The number of anilines is 2. The highest BCUT2D eigenvalue weighted by Gasteiger charge is 2.49. The van der Waals surface area contributed by atoms with E-state index in [9.17, 15) is 53.6 Å². The van der Waals surface area contributed by atoms with Gasteiger partial charge in [-0.2, -0.15) is 8.62 Å². The Morgan fingerprint density at radius 1 is 1.02 bits per heavy atom. The van der Waals surface area contributed by atoms with Crippen molar-refractivity contribution in [2.45, 2.75) is 43.0 Å². The summed E-state index contributed by atoms with van der Waals surface area (Å²) in [6.45, 7) is -1.08. The summed E-state index contributed by atoms with van der Waals surface area (Å²) in [5.74, 6) is -0.959. The summed E-state index contributed by atoms with van der Waals surface area (Å²) in [6.07, 6.45) is -7.85. The molecule has 0 bridgehead atoms. The molecule has 10 atom stereocenters. The van der Waals surface area contributed by atoms with Gasteiger partial charge in [-0.1, -0.05) is 4.98 Å². The molecule has 30 heteroatoms. The maximum absolute atomic E-state index is 12.5. The van der Waals surface area contributed by atoms with Crippen molar-refractivity contribution in [1.82, 2.24) is 34.1 Å². The Kier molecular flexibility index (Phi) is 9.58. The third kappa shape index (κ3) is 7.26. The van der Waals surface area contributed by atoms with Gasteiger partial charge in [0.05, 0.1) is 13.7 Å². The molecule has 2 aliphatic heterocycles. The van der Waals surface area contributed by atoms with Gasteiger partial charge in [0.25, 0.3) is 11.5 Å². The lowest BCUT2D eigenvalue weighted by Gasteiger charge is -2.19. The number of rotatable bonds is 11. The van der Waals surface area contributed by atoms with E-state index >= 15 is 0 Å². The van der Waals surface area contributed by atoms with Crippen LogP contribution >= 0.6 is 23.5 Å². The summed E-state index contributed by atoms with van der Waals surface area (Å²) < 4.78 is 68.9. The van der Waals surface area contributed by atoms with E-state index in [4.69, 9.17) is 20.9 Å². The van der Waals surface area contributed by atoms with Crippen LogP contribution in [0.25, 0.3) is 22.3 Å². The molecule has 278 valence electrons. The average molecular weight is 785 g/mol. The van der Waals surface area contributed by atoms with Gasteiger partial charge in [0.2, 0.25) is 18.0 Å². The van der Waals surface area contributed by atoms with E-state index in [0.717, 1.165) is 21.8 Å². The molecular formula is C21H28N10O17P3+. The molecule has 3 unspecified atom stereocenters. The quantitative estimate of drug-likeness (QED) is 0.0403. The van der Waals surface area contributed by atoms with Crippen LogP contribution in [-0.4, -0.2) is 106 Å². The Morgan fingerprint density at radius 3 is 2.45 bits per heavy atom. The van der Waals surface area contributed by atoms with E-state index in [0.29, 0.717) is 0 Å². The normalized spacial score (nSPS) is 29.6. The fraction of sp³-hybridized carbons (Fsp3) is 0.429. The second-order valence-corrected chi connectivity index (χ2v) is 15.4. The maximum atomic E-state index is 12.5. The number of hydrogen-bond donors (Lipinski definition) is 10. The van der Waals surface area contributed by atoms with Crippen LogP contribution in [0.1, 0.15) is 12.5 Å². The first kappa shape index (κ1) is 36.9. The largest absolute Gasteiger partial charge is 0.535 e. The lowest BCUT2D eigenvalue weighted by Crippen LogP contribution is -2.46. The number of aryl methyl sites for hydroxylation is 1. The van der Waals surface area contributed by atoms with E-state index in [2.05, 4.69) is 42.6 Å². The van der Waals surface area contributed by atoms with Crippen LogP contribution in [0.15, 0.2) is 35.8 Å². The molecule has 27 nitrogen and oxygen atoms in total. The van der Waals surface area contributed by atoms with Crippen molar-refractivity contribution in [3.63, 3.8) is 0 Å². The maximum Gasteiger partial charge on any atom is 0.535 e. The highest BCUT2D eigenvalue weighted by Crippen LogP contribution is 2.68. The number of H-pyrrole nitrogens is 1. The van der Waals surface area contributed by atoms with Crippen LogP contribution in [0.5, 0.6) is 0 Å². The number of phosphoric ester groups is 2.